The zero-order valence-corrected chi connectivity index (χ0v) is 11.6. The summed E-state index contributed by atoms with van der Waals surface area (Å²) in [7, 11) is -3.29. The van der Waals surface area contributed by atoms with E-state index in [0.717, 1.165) is 11.4 Å². The van der Waals surface area contributed by atoms with E-state index in [2.05, 4.69) is 0 Å². The van der Waals surface area contributed by atoms with Gasteiger partial charge < -0.3 is 5.73 Å². The normalized spacial score (nSPS) is 14.6. The molecule has 4 nitrogen and oxygen atoms in total. The summed E-state index contributed by atoms with van der Waals surface area (Å²) in [5.41, 5.74) is 3.77. The monoisotopic (exact) mass is 314 g/mol. The largest absolute Gasteiger partial charge is 0.417 e. The summed E-state index contributed by atoms with van der Waals surface area (Å²) in [5.74, 6) is -1.16. The number of sulfonamides is 1. The summed E-state index contributed by atoms with van der Waals surface area (Å²) in [6.07, 6.45) is -4.97. The van der Waals surface area contributed by atoms with Crippen LogP contribution in [0.25, 0.3) is 0 Å². The molecular weight excluding hydrogens is 300 g/mol. The predicted octanol–water partition coefficient (Wildman–Crippen LogP) is 1.81. The highest BCUT2D eigenvalue weighted by Gasteiger charge is 2.39. The van der Waals surface area contributed by atoms with E-state index in [4.69, 9.17) is 5.73 Å². The number of likely N-dealkylation sites (N-methyl/N-ethyl adjacent to an activating group) is 1. The van der Waals surface area contributed by atoms with Gasteiger partial charge in [-0.25, -0.2) is 12.8 Å². The van der Waals surface area contributed by atoms with Gasteiger partial charge in [0.25, 0.3) is 0 Å². The smallest absolute Gasteiger partial charge is 0.329 e. The standard InChI is InChI=1S/C11H14F4N2O2S/c1-7(6-16)17(2)20(18,19)10-4-3-8(12)5-9(10)11(13,14)15/h3-5,7H,6,16H2,1-2H3. The molecule has 114 valence electrons. The van der Waals surface area contributed by atoms with Gasteiger partial charge in [-0.1, -0.05) is 0 Å². The van der Waals surface area contributed by atoms with Crippen LogP contribution in [0.1, 0.15) is 12.5 Å². The molecule has 1 atom stereocenters. The van der Waals surface area contributed by atoms with E-state index in [0.29, 0.717) is 12.1 Å². The Balaban J connectivity index is 3.47. The topological polar surface area (TPSA) is 63.4 Å². The average Bonchev–Trinajstić information content (AvgIpc) is 2.35. The number of alkyl halides is 3. The summed E-state index contributed by atoms with van der Waals surface area (Å²) >= 11 is 0. The molecule has 20 heavy (non-hydrogen) atoms. The number of rotatable bonds is 4. The Morgan fingerprint density at radius 3 is 2.35 bits per heavy atom. The van der Waals surface area contributed by atoms with Gasteiger partial charge in [-0.15, -0.1) is 0 Å². The van der Waals surface area contributed by atoms with E-state index in [1.807, 2.05) is 0 Å². The van der Waals surface area contributed by atoms with Crippen LogP contribution in [0.2, 0.25) is 0 Å². The van der Waals surface area contributed by atoms with Gasteiger partial charge in [0, 0.05) is 19.6 Å². The van der Waals surface area contributed by atoms with Crippen molar-refractivity contribution in [2.45, 2.75) is 24.0 Å². The van der Waals surface area contributed by atoms with Crippen LogP contribution in [0.4, 0.5) is 17.6 Å². The molecule has 0 amide bonds. The Labute approximate surface area is 114 Å². The van der Waals surface area contributed by atoms with Crippen molar-refractivity contribution < 1.29 is 26.0 Å². The predicted molar refractivity (Wildman–Crippen MR) is 64.9 cm³/mol. The fourth-order valence-electron chi connectivity index (χ4n) is 1.49. The minimum Gasteiger partial charge on any atom is -0.329 e. The number of hydrogen-bond acceptors (Lipinski definition) is 3. The van der Waals surface area contributed by atoms with Gasteiger partial charge in [0.1, 0.15) is 5.82 Å². The highest BCUT2D eigenvalue weighted by Crippen LogP contribution is 2.35. The van der Waals surface area contributed by atoms with Crippen LogP contribution in [0, 0.1) is 5.82 Å². The zero-order chi connectivity index (χ0) is 15.7. The van der Waals surface area contributed by atoms with Crippen molar-refractivity contribution in [3.8, 4) is 0 Å². The molecule has 0 heterocycles. The first kappa shape index (κ1) is 16.9. The van der Waals surface area contributed by atoms with Crippen molar-refractivity contribution in [1.29, 1.82) is 0 Å². The van der Waals surface area contributed by atoms with Crippen LogP contribution < -0.4 is 5.73 Å². The van der Waals surface area contributed by atoms with Gasteiger partial charge in [0.2, 0.25) is 10.0 Å². The molecule has 1 rings (SSSR count). The van der Waals surface area contributed by atoms with Crippen molar-refractivity contribution >= 4 is 10.0 Å². The molecule has 0 spiro atoms. The third kappa shape index (κ3) is 3.28. The van der Waals surface area contributed by atoms with Crippen LogP contribution in [-0.4, -0.2) is 32.4 Å². The number of nitrogens with two attached hydrogens (primary N) is 1. The van der Waals surface area contributed by atoms with Crippen molar-refractivity contribution in [2.24, 2.45) is 5.73 Å². The lowest BCUT2D eigenvalue weighted by Crippen LogP contribution is -2.40. The maximum absolute atomic E-state index is 13.0. The Hall–Kier alpha value is -1.19. The Morgan fingerprint density at radius 2 is 1.90 bits per heavy atom. The summed E-state index contributed by atoms with van der Waals surface area (Å²) in [6, 6.07) is 0.746. The van der Waals surface area contributed by atoms with Gasteiger partial charge in [0.15, 0.2) is 0 Å². The van der Waals surface area contributed by atoms with Crippen molar-refractivity contribution in [3.05, 3.63) is 29.6 Å². The van der Waals surface area contributed by atoms with Crippen LogP contribution >= 0.6 is 0 Å². The van der Waals surface area contributed by atoms with Crippen LogP contribution in [0.5, 0.6) is 0 Å². The van der Waals surface area contributed by atoms with Crippen molar-refractivity contribution in [2.75, 3.05) is 13.6 Å². The Bertz CT molecular complexity index is 587. The minimum absolute atomic E-state index is 0.0573. The van der Waals surface area contributed by atoms with Crippen LogP contribution in [0.15, 0.2) is 23.1 Å². The maximum Gasteiger partial charge on any atom is 0.417 e. The fourth-order valence-corrected chi connectivity index (χ4v) is 3.05. The zero-order valence-electron chi connectivity index (χ0n) is 10.8. The first-order valence-corrected chi connectivity index (χ1v) is 7.00. The van der Waals surface area contributed by atoms with Gasteiger partial charge >= 0.3 is 6.18 Å². The summed E-state index contributed by atoms with van der Waals surface area (Å²) in [4.78, 5) is -0.991. The summed E-state index contributed by atoms with van der Waals surface area (Å²) in [6.45, 7) is 1.40. The molecule has 0 saturated heterocycles. The molecule has 0 bridgehead atoms. The maximum atomic E-state index is 13.0. The molecule has 1 aromatic carbocycles. The number of nitrogens with zero attached hydrogens (tertiary/aromatic N) is 1. The molecule has 9 heteroatoms. The molecule has 2 N–H and O–H groups in total. The number of benzene rings is 1. The van der Waals surface area contributed by atoms with Crippen LogP contribution in [0.3, 0.4) is 0 Å². The molecule has 0 saturated carbocycles. The third-order valence-electron chi connectivity index (χ3n) is 2.87. The van der Waals surface area contributed by atoms with Gasteiger partial charge in [-0.05, 0) is 25.1 Å². The van der Waals surface area contributed by atoms with Gasteiger partial charge in [0.05, 0.1) is 10.5 Å². The second-order valence-corrected chi connectivity index (χ2v) is 6.21. The molecule has 0 fully saturated rings. The first-order chi connectivity index (χ1) is 9.01. The van der Waals surface area contributed by atoms with E-state index in [1.54, 1.807) is 0 Å². The third-order valence-corrected chi connectivity index (χ3v) is 4.90. The number of hydrogen-bond donors (Lipinski definition) is 1. The van der Waals surface area contributed by atoms with Crippen molar-refractivity contribution in [1.82, 2.24) is 4.31 Å². The highest BCUT2D eigenvalue weighted by atomic mass is 32.2. The molecule has 1 aromatic rings. The SMILES string of the molecule is CC(CN)N(C)S(=O)(=O)c1ccc(F)cc1C(F)(F)F. The molecular formula is C11H14F4N2O2S. The van der Waals surface area contributed by atoms with E-state index in [-0.39, 0.29) is 12.6 Å². The van der Waals surface area contributed by atoms with E-state index < -0.39 is 38.5 Å². The summed E-state index contributed by atoms with van der Waals surface area (Å²) < 4.78 is 76.5. The molecule has 1 unspecified atom stereocenters. The average molecular weight is 314 g/mol. The Morgan fingerprint density at radius 1 is 1.35 bits per heavy atom. The summed E-state index contributed by atoms with van der Waals surface area (Å²) in [5, 5.41) is 0. The molecule has 0 radical (unpaired) electrons. The lowest BCUT2D eigenvalue weighted by atomic mass is 10.2. The van der Waals surface area contributed by atoms with Crippen LogP contribution in [-0.2, 0) is 16.2 Å². The molecule has 0 aliphatic carbocycles. The fraction of sp³-hybridized carbons (Fsp3) is 0.455. The second kappa shape index (κ2) is 5.66. The van der Waals surface area contributed by atoms with E-state index >= 15 is 0 Å². The second-order valence-electron chi connectivity index (χ2n) is 4.24. The molecule has 0 aromatic heterocycles. The molecule has 0 aliphatic heterocycles. The first-order valence-electron chi connectivity index (χ1n) is 5.56. The highest BCUT2D eigenvalue weighted by molar-refractivity contribution is 7.89. The van der Waals surface area contributed by atoms with Gasteiger partial charge in [-0.2, -0.15) is 17.5 Å². The Kier molecular flexibility index (Phi) is 4.78. The lowest BCUT2D eigenvalue weighted by molar-refractivity contribution is -0.140. The minimum atomic E-state index is -4.97. The van der Waals surface area contributed by atoms with Gasteiger partial charge in [-0.3, -0.25) is 0 Å². The lowest BCUT2D eigenvalue weighted by Gasteiger charge is -2.24. The van der Waals surface area contributed by atoms with E-state index in [9.17, 15) is 26.0 Å². The van der Waals surface area contributed by atoms with Crippen molar-refractivity contribution in [3.63, 3.8) is 0 Å². The quantitative estimate of drug-likeness (QED) is 0.862. The van der Waals surface area contributed by atoms with E-state index in [1.165, 1.54) is 6.92 Å². The number of halogens is 4. The molecule has 0 aliphatic rings.